The van der Waals surface area contributed by atoms with E-state index >= 15 is 0 Å². The van der Waals surface area contributed by atoms with Gasteiger partial charge in [-0.25, -0.2) is 0 Å². The zero-order valence-corrected chi connectivity index (χ0v) is 14.3. The Kier molecular flexibility index (Phi) is 6.29. The van der Waals surface area contributed by atoms with Crippen LogP contribution in [0, 0.1) is 0 Å². The highest BCUT2D eigenvalue weighted by molar-refractivity contribution is 5.99. The summed E-state index contributed by atoms with van der Waals surface area (Å²) >= 11 is 0. The summed E-state index contributed by atoms with van der Waals surface area (Å²) in [5.74, 6) is 0.813. The number of carbonyl (C=O) groups excluding carboxylic acids is 1. The first-order valence-electron chi connectivity index (χ1n) is 8.72. The number of amides is 1. The Bertz CT molecular complexity index is 670. The number of para-hydroxylation sites is 2. The summed E-state index contributed by atoms with van der Waals surface area (Å²) < 4.78 is 11.0. The predicted molar refractivity (Wildman–Crippen MR) is 98.4 cm³/mol. The van der Waals surface area contributed by atoms with Gasteiger partial charge in [-0.05, 0) is 30.7 Å². The lowest BCUT2D eigenvalue weighted by Gasteiger charge is -2.30. The number of hydrogen-bond donors (Lipinski definition) is 1. The fourth-order valence-corrected chi connectivity index (χ4v) is 2.82. The maximum Gasteiger partial charge on any atom is 0.253 e. The third-order valence-electron chi connectivity index (χ3n) is 4.12. The van der Waals surface area contributed by atoms with E-state index in [2.05, 4.69) is 10.2 Å². The van der Waals surface area contributed by atoms with Crippen LogP contribution in [0.15, 0.2) is 54.6 Å². The summed E-state index contributed by atoms with van der Waals surface area (Å²) in [5.41, 5.74) is 1.69. The van der Waals surface area contributed by atoms with Crippen LogP contribution in [0.4, 0.5) is 5.69 Å². The molecule has 1 N–H and O–H groups in total. The standard InChI is InChI=1S/C20H24N2O3/c23-20(21-11-6-14-25-17-7-2-1-3-8-17)18-9-4-5-10-19(18)22-12-15-24-16-13-22/h1-5,7-10H,6,11-16H2,(H,21,23). The Morgan fingerprint density at radius 3 is 2.56 bits per heavy atom. The van der Waals surface area contributed by atoms with Gasteiger partial charge in [0.1, 0.15) is 5.75 Å². The van der Waals surface area contributed by atoms with E-state index in [-0.39, 0.29) is 5.91 Å². The van der Waals surface area contributed by atoms with Crippen molar-refractivity contribution in [1.82, 2.24) is 5.32 Å². The zero-order chi connectivity index (χ0) is 17.3. The fourth-order valence-electron chi connectivity index (χ4n) is 2.82. The van der Waals surface area contributed by atoms with E-state index in [1.54, 1.807) is 0 Å². The van der Waals surface area contributed by atoms with Gasteiger partial charge in [-0.2, -0.15) is 0 Å². The molecule has 132 valence electrons. The van der Waals surface area contributed by atoms with Gasteiger partial charge in [-0.1, -0.05) is 30.3 Å². The summed E-state index contributed by atoms with van der Waals surface area (Å²) in [6.45, 7) is 4.20. The Hall–Kier alpha value is -2.53. The van der Waals surface area contributed by atoms with Crippen molar-refractivity contribution in [2.75, 3.05) is 44.4 Å². The highest BCUT2D eigenvalue weighted by Crippen LogP contribution is 2.21. The molecule has 0 spiro atoms. The number of rotatable bonds is 7. The van der Waals surface area contributed by atoms with Crippen LogP contribution in [-0.2, 0) is 4.74 Å². The first-order valence-corrected chi connectivity index (χ1v) is 8.72. The summed E-state index contributed by atoms with van der Waals surface area (Å²) in [6, 6.07) is 17.4. The van der Waals surface area contributed by atoms with Crippen molar-refractivity contribution in [2.45, 2.75) is 6.42 Å². The van der Waals surface area contributed by atoms with E-state index in [1.165, 1.54) is 0 Å². The second kappa shape index (κ2) is 9.08. The maximum atomic E-state index is 12.5. The lowest BCUT2D eigenvalue weighted by molar-refractivity contribution is 0.0950. The smallest absolute Gasteiger partial charge is 0.253 e. The van der Waals surface area contributed by atoms with Gasteiger partial charge in [0.25, 0.3) is 5.91 Å². The van der Waals surface area contributed by atoms with Crippen molar-refractivity contribution in [3.8, 4) is 5.75 Å². The minimum absolute atomic E-state index is 0.0400. The summed E-state index contributed by atoms with van der Waals surface area (Å²) in [4.78, 5) is 14.7. The molecule has 0 unspecified atom stereocenters. The average molecular weight is 340 g/mol. The molecule has 0 aliphatic carbocycles. The average Bonchev–Trinajstić information content (AvgIpc) is 2.69. The largest absolute Gasteiger partial charge is 0.494 e. The van der Waals surface area contributed by atoms with Gasteiger partial charge in [-0.15, -0.1) is 0 Å². The van der Waals surface area contributed by atoms with Crippen molar-refractivity contribution in [3.63, 3.8) is 0 Å². The first-order chi connectivity index (χ1) is 12.3. The van der Waals surface area contributed by atoms with Crippen LogP contribution in [0.25, 0.3) is 0 Å². The molecule has 0 aromatic heterocycles. The molecular weight excluding hydrogens is 316 g/mol. The van der Waals surface area contributed by atoms with E-state index in [0.29, 0.717) is 31.9 Å². The van der Waals surface area contributed by atoms with Crippen molar-refractivity contribution in [3.05, 3.63) is 60.2 Å². The van der Waals surface area contributed by atoms with Crippen LogP contribution in [0.5, 0.6) is 5.75 Å². The molecule has 2 aromatic carbocycles. The highest BCUT2D eigenvalue weighted by Gasteiger charge is 2.17. The summed E-state index contributed by atoms with van der Waals surface area (Å²) in [5, 5.41) is 2.99. The minimum atomic E-state index is -0.0400. The SMILES string of the molecule is O=C(NCCCOc1ccccc1)c1ccccc1N1CCOCC1. The molecule has 0 saturated carbocycles. The molecule has 3 rings (SSSR count). The fraction of sp³-hybridized carbons (Fsp3) is 0.350. The van der Waals surface area contributed by atoms with Gasteiger partial charge >= 0.3 is 0 Å². The van der Waals surface area contributed by atoms with E-state index in [0.717, 1.165) is 30.9 Å². The zero-order valence-electron chi connectivity index (χ0n) is 14.3. The third kappa shape index (κ3) is 4.97. The second-order valence-corrected chi connectivity index (χ2v) is 5.89. The van der Waals surface area contributed by atoms with E-state index in [9.17, 15) is 4.79 Å². The van der Waals surface area contributed by atoms with Gasteiger partial charge in [-0.3, -0.25) is 4.79 Å². The first kappa shape index (κ1) is 17.3. The Morgan fingerprint density at radius 2 is 1.76 bits per heavy atom. The van der Waals surface area contributed by atoms with Gasteiger partial charge < -0.3 is 19.7 Å². The number of anilines is 1. The van der Waals surface area contributed by atoms with Crippen LogP contribution in [0.3, 0.4) is 0 Å². The van der Waals surface area contributed by atoms with E-state index in [1.807, 2.05) is 54.6 Å². The third-order valence-corrected chi connectivity index (χ3v) is 4.12. The Balaban J connectivity index is 1.48. The van der Waals surface area contributed by atoms with Gasteiger partial charge in [0, 0.05) is 25.3 Å². The molecule has 1 aliphatic heterocycles. The van der Waals surface area contributed by atoms with Crippen LogP contribution in [0.2, 0.25) is 0 Å². The number of nitrogens with zero attached hydrogens (tertiary/aromatic N) is 1. The number of morpholine rings is 1. The topological polar surface area (TPSA) is 50.8 Å². The van der Waals surface area contributed by atoms with Crippen molar-refractivity contribution >= 4 is 11.6 Å². The number of benzene rings is 2. The van der Waals surface area contributed by atoms with Crippen molar-refractivity contribution < 1.29 is 14.3 Å². The lowest BCUT2D eigenvalue weighted by Crippen LogP contribution is -2.38. The lowest BCUT2D eigenvalue weighted by atomic mass is 10.1. The monoisotopic (exact) mass is 340 g/mol. The van der Waals surface area contributed by atoms with Crippen LogP contribution < -0.4 is 15.0 Å². The molecule has 5 heteroatoms. The number of ether oxygens (including phenoxy) is 2. The van der Waals surface area contributed by atoms with Gasteiger partial charge in [0.15, 0.2) is 0 Å². The molecule has 1 fully saturated rings. The van der Waals surface area contributed by atoms with Gasteiger partial charge in [0.2, 0.25) is 0 Å². The van der Waals surface area contributed by atoms with E-state index < -0.39 is 0 Å². The van der Waals surface area contributed by atoms with Crippen molar-refractivity contribution in [2.24, 2.45) is 0 Å². The molecule has 5 nitrogen and oxygen atoms in total. The number of carbonyl (C=O) groups is 1. The Labute approximate surface area is 148 Å². The second-order valence-electron chi connectivity index (χ2n) is 5.89. The molecule has 0 radical (unpaired) electrons. The van der Waals surface area contributed by atoms with Crippen LogP contribution >= 0.6 is 0 Å². The Morgan fingerprint density at radius 1 is 1.04 bits per heavy atom. The normalized spacial score (nSPS) is 14.2. The number of nitrogens with one attached hydrogen (secondary N) is 1. The summed E-state index contributed by atoms with van der Waals surface area (Å²) in [7, 11) is 0. The predicted octanol–water partition coefficient (Wildman–Crippen LogP) is 2.72. The van der Waals surface area contributed by atoms with Gasteiger partial charge in [0.05, 0.1) is 25.4 Å². The molecule has 2 aromatic rings. The van der Waals surface area contributed by atoms with Crippen LogP contribution in [-0.4, -0.2) is 45.4 Å². The molecule has 25 heavy (non-hydrogen) atoms. The highest BCUT2D eigenvalue weighted by atomic mass is 16.5. The number of hydrogen-bond acceptors (Lipinski definition) is 4. The van der Waals surface area contributed by atoms with E-state index in [4.69, 9.17) is 9.47 Å². The molecule has 1 saturated heterocycles. The molecule has 1 amide bonds. The maximum absolute atomic E-state index is 12.5. The van der Waals surface area contributed by atoms with Crippen LogP contribution in [0.1, 0.15) is 16.8 Å². The molecule has 0 bridgehead atoms. The molecule has 1 aliphatic rings. The molecule has 0 atom stereocenters. The minimum Gasteiger partial charge on any atom is -0.494 e. The summed E-state index contributed by atoms with van der Waals surface area (Å²) in [6.07, 6.45) is 0.764. The molecule has 1 heterocycles. The quantitative estimate of drug-likeness (QED) is 0.788. The van der Waals surface area contributed by atoms with Crippen molar-refractivity contribution in [1.29, 1.82) is 0 Å². The molecular formula is C20H24N2O3.